The number of nitrogens with zero attached hydrogens (tertiary/aromatic N) is 1. The third-order valence-corrected chi connectivity index (χ3v) is 10.3. The van der Waals surface area contributed by atoms with Crippen LogP contribution in [0.2, 0.25) is 0 Å². The van der Waals surface area contributed by atoms with Gasteiger partial charge in [0.2, 0.25) is 0 Å². The van der Waals surface area contributed by atoms with Crippen LogP contribution in [0.1, 0.15) is 68.5 Å². The highest BCUT2D eigenvalue weighted by Crippen LogP contribution is 2.65. The van der Waals surface area contributed by atoms with Gasteiger partial charge in [0.15, 0.2) is 5.13 Å². The maximum atomic E-state index is 12.7. The van der Waals surface area contributed by atoms with E-state index in [1.54, 1.807) is 0 Å². The molecule has 5 atom stereocenters. The van der Waals surface area contributed by atoms with E-state index < -0.39 is 0 Å². The average Bonchev–Trinajstić information content (AvgIpc) is 3.29. The summed E-state index contributed by atoms with van der Waals surface area (Å²) in [5.41, 5.74) is 5.29. The molecule has 0 spiro atoms. The minimum absolute atomic E-state index is 0.0472. The molecule has 2 aromatic rings. The second-order valence-corrected chi connectivity index (χ2v) is 11.9. The summed E-state index contributed by atoms with van der Waals surface area (Å²) in [5.74, 6) is 2.49. The van der Waals surface area contributed by atoms with E-state index in [1.165, 1.54) is 34.5 Å². The summed E-state index contributed by atoms with van der Waals surface area (Å²) >= 11 is 1.83. The van der Waals surface area contributed by atoms with Crippen LogP contribution in [0.25, 0.3) is 5.57 Å². The minimum atomic E-state index is -0.0472. The van der Waals surface area contributed by atoms with Crippen molar-refractivity contribution in [2.45, 2.75) is 65.7 Å². The maximum Gasteiger partial charge on any atom is 0.187 e. The predicted molar refractivity (Wildman–Crippen MR) is 128 cm³/mol. The fourth-order valence-corrected chi connectivity index (χ4v) is 8.47. The van der Waals surface area contributed by atoms with Gasteiger partial charge in [-0.1, -0.05) is 37.6 Å². The standard InChI is InChI=1S/C27H32N2OS/c1-16-4-6-17(7-5-16)28-25-29-24-21-9-8-18-19-10-11-23(30)27(19,3)14-12-20(18)26(21,2)15-13-22(24)31-25/h4-7,9,18-20H,8,10-15H2,1-3H3,(H,28,29)/t18-,19-,20-,26+,27-/m0/s1. The number of aromatic nitrogens is 1. The molecule has 1 heterocycles. The maximum absolute atomic E-state index is 12.7. The van der Waals surface area contributed by atoms with Crippen molar-refractivity contribution in [3.8, 4) is 0 Å². The van der Waals surface area contributed by atoms with E-state index in [9.17, 15) is 4.79 Å². The van der Waals surface area contributed by atoms with Crippen molar-refractivity contribution in [3.05, 3.63) is 46.5 Å². The van der Waals surface area contributed by atoms with Crippen molar-refractivity contribution in [3.63, 3.8) is 0 Å². The summed E-state index contributed by atoms with van der Waals surface area (Å²) in [4.78, 5) is 19.2. The summed E-state index contributed by atoms with van der Waals surface area (Å²) in [6.45, 7) is 6.89. The van der Waals surface area contributed by atoms with Crippen LogP contribution >= 0.6 is 11.3 Å². The van der Waals surface area contributed by atoms with E-state index in [4.69, 9.17) is 4.98 Å². The fourth-order valence-electron chi connectivity index (χ4n) is 7.47. The van der Waals surface area contributed by atoms with E-state index in [-0.39, 0.29) is 10.8 Å². The number of nitrogens with one attached hydrogen (secondary N) is 1. The zero-order valence-corrected chi connectivity index (χ0v) is 19.6. The summed E-state index contributed by atoms with van der Waals surface area (Å²) in [6.07, 6.45) is 10.2. The molecule has 162 valence electrons. The van der Waals surface area contributed by atoms with Crippen molar-refractivity contribution in [1.82, 2.24) is 4.98 Å². The number of allylic oxidation sites excluding steroid dienone is 2. The Balaban J connectivity index is 1.33. The molecule has 31 heavy (non-hydrogen) atoms. The molecular formula is C27H32N2OS. The zero-order chi connectivity index (χ0) is 21.4. The SMILES string of the molecule is Cc1ccc(Nc2nc3c(s2)CC[C@@]2(C)C3=CC[C@@H]3[C@@H]2CC[C@]2(C)C(=O)CC[C@@H]32)cc1. The lowest BCUT2D eigenvalue weighted by Crippen LogP contribution is -2.49. The topological polar surface area (TPSA) is 42.0 Å². The third-order valence-electron chi connectivity index (χ3n) is 9.30. The molecule has 3 nitrogen and oxygen atoms in total. The van der Waals surface area contributed by atoms with Crippen LogP contribution in [0.5, 0.6) is 0 Å². The molecule has 1 N–H and O–H groups in total. The van der Waals surface area contributed by atoms with Crippen LogP contribution in [-0.4, -0.2) is 10.8 Å². The van der Waals surface area contributed by atoms with Gasteiger partial charge in [-0.3, -0.25) is 4.79 Å². The summed E-state index contributed by atoms with van der Waals surface area (Å²) < 4.78 is 0. The molecule has 0 amide bonds. The third kappa shape index (κ3) is 2.83. The summed E-state index contributed by atoms with van der Waals surface area (Å²) in [5, 5.41) is 4.55. The Hall–Kier alpha value is -1.94. The highest BCUT2D eigenvalue weighted by Gasteiger charge is 2.58. The van der Waals surface area contributed by atoms with Crippen LogP contribution in [0.15, 0.2) is 30.3 Å². The number of hydrogen-bond donors (Lipinski definition) is 1. The predicted octanol–water partition coefficient (Wildman–Crippen LogP) is 6.95. The number of carbonyl (C=O) groups is 1. The normalized spacial score (nSPS) is 36.2. The van der Waals surface area contributed by atoms with Crippen LogP contribution in [0.4, 0.5) is 10.8 Å². The molecule has 1 aromatic heterocycles. The van der Waals surface area contributed by atoms with Crippen LogP contribution < -0.4 is 5.32 Å². The van der Waals surface area contributed by atoms with Gasteiger partial charge < -0.3 is 5.32 Å². The second kappa shape index (κ2) is 6.78. The Morgan fingerprint density at radius 3 is 2.61 bits per heavy atom. The van der Waals surface area contributed by atoms with Crippen molar-refractivity contribution in [1.29, 1.82) is 0 Å². The van der Waals surface area contributed by atoms with E-state index in [1.807, 2.05) is 11.3 Å². The number of thiazole rings is 1. The first-order valence-electron chi connectivity index (χ1n) is 12.0. The number of Topliss-reactive ketones (excluding diaryl/α,β-unsaturated/α-hetero) is 1. The van der Waals surface area contributed by atoms with Crippen LogP contribution in [0, 0.1) is 35.5 Å². The number of fused-ring (bicyclic) bond motifs is 7. The minimum Gasteiger partial charge on any atom is -0.332 e. The van der Waals surface area contributed by atoms with Crippen molar-refractivity contribution >= 4 is 33.5 Å². The number of hydrogen-bond acceptors (Lipinski definition) is 4. The molecule has 2 fully saturated rings. The Morgan fingerprint density at radius 2 is 1.81 bits per heavy atom. The van der Waals surface area contributed by atoms with E-state index in [2.05, 4.69) is 56.4 Å². The van der Waals surface area contributed by atoms with E-state index in [0.717, 1.165) is 42.9 Å². The Kier molecular flexibility index (Phi) is 4.31. The van der Waals surface area contributed by atoms with Gasteiger partial charge in [0.05, 0.1) is 5.69 Å². The van der Waals surface area contributed by atoms with Crippen molar-refractivity contribution < 1.29 is 4.79 Å². The lowest BCUT2D eigenvalue weighted by molar-refractivity contribution is -0.131. The van der Waals surface area contributed by atoms with Gasteiger partial charge >= 0.3 is 0 Å². The van der Waals surface area contributed by atoms with Crippen molar-refractivity contribution in [2.75, 3.05) is 5.32 Å². The first-order chi connectivity index (χ1) is 14.9. The van der Waals surface area contributed by atoms with Crippen molar-refractivity contribution in [2.24, 2.45) is 28.6 Å². The highest BCUT2D eigenvalue weighted by atomic mass is 32.1. The molecular weight excluding hydrogens is 400 g/mol. The molecule has 4 aliphatic carbocycles. The van der Waals surface area contributed by atoms with E-state index in [0.29, 0.717) is 23.5 Å². The van der Waals surface area contributed by atoms with E-state index >= 15 is 0 Å². The molecule has 4 heteroatoms. The number of anilines is 2. The zero-order valence-electron chi connectivity index (χ0n) is 18.8. The molecule has 0 bridgehead atoms. The van der Waals surface area contributed by atoms with Gasteiger partial charge in [0.25, 0.3) is 0 Å². The van der Waals surface area contributed by atoms with Gasteiger partial charge in [-0.2, -0.15) is 0 Å². The largest absolute Gasteiger partial charge is 0.332 e. The van der Waals surface area contributed by atoms with Gasteiger partial charge in [-0.25, -0.2) is 4.98 Å². The van der Waals surface area contributed by atoms with Gasteiger partial charge in [-0.05, 0) is 86.3 Å². The molecule has 0 radical (unpaired) electrons. The molecule has 6 rings (SSSR count). The molecule has 0 saturated heterocycles. The molecule has 0 unspecified atom stereocenters. The first-order valence-corrected chi connectivity index (χ1v) is 12.8. The summed E-state index contributed by atoms with van der Waals surface area (Å²) in [6, 6.07) is 8.54. The number of rotatable bonds is 2. The monoisotopic (exact) mass is 432 g/mol. The smallest absolute Gasteiger partial charge is 0.187 e. The second-order valence-electron chi connectivity index (χ2n) is 10.8. The average molecular weight is 433 g/mol. The number of benzene rings is 1. The number of aryl methyl sites for hydroxylation is 2. The summed E-state index contributed by atoms with van der Waals surface area (Å²) in [7, 11) is 0. The number of ketones is 1. The Labute approximate surface area is 189 Å². The van der Waals surface area contributed by atoms with Gasteiger partial charge in [0.1, 0.15) is 5.78 Å². The quantitative estimate of drug-likeness (QED) is 0.558. The highest BCUT2D eigenvalue weighted by molar-refractivity contribution is 7.15. The molecule has 4 aliphatic rings. The molecule has 0 aliphatic heterocycles. The Bertz CT molecular complexity index is 1080. The fraction of sp³-hybridized carbons (Fsp3) is 0.556. The molecule has 1 aromatic carbocycles. The molecule has 2 saturated carbocycles. The number of carbonyl (C=O) groups excluding carboxylic acids is 1. The van der Waals surface area contributed by atoms with Gasteiger partial charge in [0, 0.05) is 22.4 Å². The van der Waals surface area contributed by atoms with Gasteiger partial charge in [-0.15, -0.1) is 11.3 Å². The van der Waals surface area contributed by atoms with Crippen LogP contribution in [-0.2, 0) is 11.2 Å². The lowest BCUT2D eigenvalue weighted by atomic mass is 9.48. The lowest BCUT2D eigenvalue weighted by Gasteiger charge is -2.55. The Morgan fingerprint density at radius 1 is 1.03 bits per heavy atom. The van der Waals surface area contributed by atoms with Crippen LogP contribution in [0.3, 0.4) is 0 Å². The first kappa shape index (κ1) is 19.7.